The van der Waals surface area contributed by atoms with Crippen LogP contribution in [0.25, 0.3) is 0 Å². The molecule has 0 bridgehead atoms. The lowest BCUT2D eigenvalue weighted by Crippen LogP contribution is -2.14. The van der Waals surface area contributed by atoms with Gasteiger partial charge in [-0.05, 0) is 54.4 Å². The number of ether oxygens (including phenoxy) is 2. The summed E-state index contributed by atoms with van der Waals surface area (Å²) in [5.41, 5.74) is 3.84. The van der Waals surface area contributed by atoms with E-state index in [4.69, 9.17) is 9.47 Å². The van der Waals surface area contributed by atoms with E-state index in [2.05, 4.69) is 29.7 Å². The minimum absolute atomic E-state index is 0.0874. The molecule has 0 aromatic heterocycles. The number of nitrogens with one attached hydrogen (secondary N) is 2. The van der Waals surface area contributed by atoms with Crippen LogP contribution in [0.2, 0.25) is 0 Å². The van der Waals surface area contributed by atoms with Crippen LogP contribution in [0.5, 0.6) is 11.5 Å². The van der Waals surface area contributed by atoms with E-state index in [0.717, 1.165) is 16.9 Å². The van der Waals surface area contributed by atoms with Crippen molar-refractivity contribution in [1.29, 1.82) is 0 Å². The molecule has 2 N–H and O–H groups in total. The van der Waals surface area contributed by atoms with Crippen molar-refractivity contribution >= 4 is 17.3 Å². The molecule has 3 aromatic carbocycles. The molecule has 0 saturated carbocycles. The van der Waals surface area contributed by atoms with Gasteiger partial charge in [0.15, 0.2) is 11.5 Å². The zero-order valence-electron chi connectivity index (χ0n) is 16.9. The molecule has 1 atom stereocenters. The van der Waals surface area contributed by atoms with Crippen molar-refractivity contribution < 1.29 is 14.3 Å². The summed E-state index contributed by atoms with van der Waals surface area (Å²) in [5, 5.41) is 6.39. The monoisotopic (exact) mass is 390 g/mol. The maximum atomic E-state index is 12.4. The average molecular weight is 390 g/mol. The van der Waals surface area contributed by atoms with Crippen molar-refractivity contribution in [3.63, 3.8) is 0 Å². The highest BCUT2D eigenvalue weighted by atomic mass is 16.5. The van der Waals surface area contributed by atoms with Gasteiger partial charge in [-0.1, -0.05) is 36.4 Å². The molecular formula is C24H26N2O3. The summed E-state index contributed by atoms with van der Waals surface area (Å²) in [6.45, 7) is 2.12. The van der Waals surface area contributed by atoms with E-state index in [9.17, 15) is 4.79 Å². The van der Waals surface area contributed by atoms with Crippen molar-refractivity contribution in [3.05, 3.63) is 83.9 Å². The van der Waals surface area contributed by atoms with E-state index < -0.39 is 0 Å². The third-order valence-corrected chi connectivity index (χ3v) is 4.66. The number of amides is 1. The van der Waals surface area contributed by atoms with Crippen LogP contribution in [0.4, 0.5) is 11.4 Å². The molecule has 5 nitrogen and oxygen atoms in total. The fraction of sp³-hybridized carbons (Fsp3) is 0.208. The molecule has 0 aliphatic heterocycles. The Balaban J connectivity index is 1.57. The lowest BCUT2D eigenvalue weighted by Gasteiger charge is -2.16. The molecule has 0 aliphatic rings. The Hall–Kier alpha value is -3.47. The SMILES string of the molecule is COc1ccc(CC(=O)Nc2ccc(NC(C)c3ccccc3)cc2)cc1OC. The average Bonchev–Trinajstić information content (AvgIpc) is 2.75. The molecule has 0 fully saturated rings. The quantitative estimate of drug-likeness (QED) is 0.565. The second kappa shape index (κ2) is 9.64. The van der Waals surface area contributed by atoms with Gasteiger partial charge in [-0.15, -0.1) is 0 Å². The standard InChI is InChI=1S/C24H26N2O3/c1-17(19-7-5-4-6-8-19)25-20-10-12-21(13-11-20)26-24(27)16-18-9-14-22(28-2)23(15-18)29-3/h4-15,17,25H,16H2,1-3H3,(H,26,27). The van der Waals surface area contributed by atoms with E-state index in [0.29, 0.717) is 11.5 Å². The second-order valence-electron chi connectivity index (χ2n) is 6.77. The van der Waals surface area contributed by atoms with E-state index in [1.165, 1.54) is 5.56 Å². The normalized spacial score (nSPS) is 11.4. The molecule has 0 spiro atoms. The first-order chi connectivity index (χ1) is 14.1. The van der Waals surface area contributed by atoms with Gasteiger partial charge in [-0.3, -0.25) is 4.79 Å². The third kappa shape index (κ3) is 5.51. The third-order valence-electron chi connectivity index (χ3n) is 4.66. The molecule has 5 heteroatoms. The van der Waals surface area contributed by atoms with Gasteiger partial charge in [0, 0.05) is 17.4 Å². The number of rotatable bonds is 8. The molecule has 0 heterocycles. The van der Waals surface area contributed by atoms with E-state index >= 15 is 0 Å². The van der Waals surface area contributed by atoms with Gasteiger partial charge in [-0.25, -0.2) is 0 Å². The van der Waals surface area contributed by atoms with Crippen LogP contribution in [0, 0.1) is 0 Å². The highest BCUT2D eigenvalue weighted by molar-refractivity contribution is 5.92. The van der Waals surface area contributed by atoms with Crippen LogP contribution in [0.3, 0.4) is 0 Å². The van der Waals surface area contributed by atoms with Crippen molar-refractivity contribution in [2.45, 2.75) is 19.4 Å². The Kier molecular flexibility index (Phi) is 6.74. The van der Waals surface area contributed by atoms with Crippen molar-refractivity contribution in [3.8, 4) is 11.5 Å². The van der Waals surface area contributed by atoms with Crippen LogP contribution < -0.4 is 20.1 Å². The van der Waals surface area contributed by atoms with Gasteiger partial charge in [0.1, 0.15) is 0 Å². The van der Waals surface area contributed by atoms with Gasteiger partial charge >= 0.3 is 0 Å². The van der Waals surface area contributed by atoms with Crippen molar-refractivity contribution in [2.75, 3.05) is 24.9 Å². The van der Waals surface area contributed by atoms with Crippen LogP contribution in [0.15, 0.2) is 72.8 Å². The number of benzene rings is 3. The molecule has 1 amide bonds. The van der Waals surface area contributed by atoms with Crippen molar-refractivity contribution in [2.24, 2.45) is 0 Å². The van der Waals surface area contributed by atoms with Gasteiger partial charge < -0.3 is 20.1 Å². The molecule has 0 aliphatic carbocycles. The number of hydrogen-bond donors (Lipinski definition) is 2. The highest BCUT2D eigenvalue weighted by Crippen LogP contribution is 2.28. The summed E-state index contributed by atoms with van der Waals surface area (Å²) in [6, 6.07) is 23.7. The summed E-state index contributed by atoms with van der Waals surface area (Å²) in [6.07, 6.45) is 0.255. The maximum absolute atomic E-state index is 12.4. The topological polar surface area (TPSA) is 59.6 Å². The molecule has 3 rings (SSSR count). The maximum Gasteiger partial charge on any atom is 0.228 e. The first-order valence-electron chi connectivity index (χ1n) is 9.51. The Morgan fingerprint density at radius 3 is 2.17 bits per heavy atom. The minimum Gasteiger partial charge on any atom is -0.493 e. The van der Waals surface area contributed by atoms with Gasteiger partial charge in [-0.2, -0.15) is 0 Å². The summed E-state index contributed by atoms with van der Waals surface area (Å²) in [4.78, 5) is 12.4. The fourth-order valence-electron chi connectivity index (χ4n) is 3.11. The van der Waals surface area contributed by atoms with Gasteiger partial charge in [0.25, 0.3) is 0 Å². The Morgan fingerprint density at radius 1 is 0.862 bits per heavy atom. The van der Waals surface area contributed by atoms with E-state index in [1.54, 1.807) is 20.3 Å². The Morgan fingerprint density at radius 2 is 1.52 bits per heavy atom. The van der Waals surface area contributed by atoms with Crippen LogP contribution in [-0.4, -0.2) is 20.1 Å². The lowest BCUT2D eigenvalue weighted by molar-refractivity contribution is -0.115. The van der Waals surface area contributed by atoms with E-state index in [-0.39, 0.29) is 18.4 Å². The first kappa shape index (κ1) is 20.3. The summed E-state index contributed by atoms with van der Waals surface area (Å²) in [7, 11) is 3.17. The number of anilines is 2. The molecule has 3 aromatic rings. The molecule has 29 heavy (non-hydrogen) atoms. The predicted octanol–water partition coefficient (Wildman–Crippen LogP) is 5.06. The highest BCUT2D eigenvalue weighted by Gasteiger charge is 2.09. The Labute approximate surface area is 171 Å². The second-order valence-corrected chi connectivity index (χ2v) is 6.77. The largest absolute Gasteiger partial charge is 0.493 e. The number of carbonyl (C=O) groups is 1. The Bertz CT molecular complexity index is 940. The van der Waals surface area contributed by atoms with E-state index in [1.807, 2.05) is 54.6 Å². The summed E-state index contributed by atoms with van der Waals surface area (Å²) < 4.78 is 10.5. The smallest absolute Gasteiger partial charge is 0.228 e. The van der Waals surface area contributed by atoms with Gasteiger partial charge in [0.05, 0.1) is 20.6 Å². The molecule has 0 saturated heterocycles. The lowest BCUT2D eigenvalue weighted by atomic mass is 10.1. The zero-order chi connectivity index (χ0) is 20.6. The van der Waals surface area contributed by atoms with Crippen LogP contribution in [-0.2, 0) is 11.2 Å². The van der Waals surface area contributed by atoms with Crippen LogP contribution >= 0.6 is 0 Å². The van der Waals surface area contributed by atoms with Crippen molar-refractivity contribution in [1.82, 2.24) is 0 Å². The zero-order valence-corrected chi connectivity index (χ0v) is 16.9. The minimum atomic E-state index is -0.0874. The van der Waals surface area contributed by atoms with Gasteiger partial charge in [0.2, 0.25) is 5.91 Å². The fourth-order valence-corrected chi connectivity index (χ4v) is 3.11. The summed E-state index contributed by atoms with van der Waals surface area (Å²) >= 11 is 0. The predicted molar refractivity (Wildman–Crippen MR) is 117 cm³/mol. The summed E-state index contributed by atoms with van der Waals surface area (Å²) in [5.74, 6) is 1.17. The molecule has 0 radical (unpaired) electrons. The van der Waals surface area contributed by atoms with Crippen LogP contribution in [0.1, 0.15) is 24.1 Å². The number of carbonyl (C=O) groups excluding carboxylic acids is 1. The number of hydrogen-bond acceptors (Lipinski definition) is 4. The molecular weight excluding hydrogens is 364 g/mol. The molecule has 1 unspecified atom stereocenters. The molecule has 150 valence electrons. The number of methoxy groups -OCH3 is 2. The first-order valence-corrected chi connectivity index (χ1v) is 9.51.